The molecule has 146 valence electrons. The van der Waals surface area contributed by atoms with Crippen molar-refractivity contribution in [1.82, 2.24) is 4.90 Å². The van der Waals surface area contributed by atoms with Crippen molar-refractivity contribution < 1.29 is 14.3 Å². The van der Waals surface area contributed by atoms with Gasteiger partial charge < -0.3 is 9.64 Å². The topological polar surface area (TPSA) is 49.9 Å². The molecule has 1 aromatic carbocycles. The van der Waals surface area contributed by atoms with Crippen LogP contribution in [0.15, 0.2) is 41.4 Å². The van der Waals surface area contributed by atoms with E-state index >= 15 is 0 Å². The van der Waals surface area contributed by atoms with E-state index in [1.807, 2.05) is 68.3 Å². The summed E-state index contributed by atoms with van der Waals surface area (Å²) in [6, 6.07) is 9.54. The molecule has 6 heteroatoms. The first-order valence-electron chi connectivity index (χ1n) is 9.52. The number of morpholine rings is 1. The van der Waals surface area contributed by atoms with Crippen LogP contribution in [0.4, 0.5) is 5.69 Å². The van der Waals surface area contributed by atoms with Gasteiger partial charge in [-0.05, 0) is 56.3 Å². The van der Waals surface area contributed by atoms with Gasteiger partial charge in [-0.2, -0.15) is 0 Å². The Morgan fingerprint density at radius 1 is 1.00 bits per heavy atom. The van der Waals surface area contributed by atoms with Gasteiger partial charge in [0.15, 0.2) is 0 Å². The predicted molar refractivity (Wildman–Crippen MR) is 111 cm³/mol. The van der Waals surface area contributed by atoms with Gasteiger partial charge in [-0.3, -0.25) is 9.59 Å². The fourth-order valence-electron chi connectivity index (χ4n) is 4.01. The molecule has 0 radical (unpaired) electrons. The van der Waals surface area contributed by atoms with E-state index in [9.17, 15) is 9.59 Å². The Labute approximate surface area is 169 Å². The summed E-state index contributed by atoms with van der Waals surface area (Å²) >= 11 is 1.48. The smallest absolute Gasteiger partial charge is 0.282 e. The molecule has 0 aliphatic carbocycles. The molecule has 3 heterocycles. The quantitative estimate of drug-likeness (QED) is 0.742. The lowest BCUT2D eigenvalue weighted by atomic mass is 10.1. The number of ether oxygens (including phenoxy) is 1. The Hall–Kier alpha value is -2.44. The molecule has 5 nitrogen and oxygen atoms in total. The fourth-order valence-corrected chi connectivity index (χ4v) is 4.77. The molecule has 2 aliphatic rings. The summed E-state index contributed by atoms with van der Waals surface area (Å²) in [5.74, 6) is -0.494. The van der Waals surface area contributed by atoms with Crippen molar-refractivity contribution in [3.05, 3.63) is 57.4 Å². The van der Waals surface area contributed by atoms with Gasteiger partial charge >= 0.3 is 0 Å². The van der Waals surface area contributed by atoms with Gasteiger partial charge in [0.2, 0.25) is 0 Å². The standard InChI is InChI=1S/C22H24N2O3S/c1-13-7-5-8-17(16(13)4)24-21(25)19(18-9-6-10-28-18)20(22(24)26)23-11-14(2)27-15(3)12-23/h5-10,14-15H,11-12H2,1-4H3. The Bertz CT molecular complexity index is 954. The van der Waals surface area contributed by atoms with Crippen molar-refractivity contribution in [1.29, 1.82) is 0 Å². The number of hydrogen-bond acceptors (Lipinski definition) is 5. The van der Waals surface area contributed by atoms with Gasteiger partial charge in [-0.25, -0.2) is 4.90 Å². The van der Waals surface area contributed by atoms with Crippen molar-refractivity contribution in [3.8, 4) is 0 Å². The van der Waals surface area contributed by atoms with Gasteiger partial charge in [0.25, 0.3) is 11.8 Å². The van der Waals surface area contributed by atoms with Crippen LogP contribution in [0.2, 0.25) is 0 Å². The molecule has 2 atom stereocenters. The maximum absolute atomic E-state index is 13.6. The average Bonchev–Trinajstić information content (AvgIpc) is 3.23. The highest BCUT2D eigenvalue weighted by Crippen LogP contribution is 2.38. The summed E-state index contributed by atoms with van der Waals surface area (Å²) in [6.45, 7) is 9.12. The molecule has 1 aromatic heterocycles. The largest absolute Gasteiger partial charge is 0.372 e. The average molecular weight is 397 g/mol. The number of hydrogen-bond donors (Lipinski definition) is 0. The molecule has 2 aliphatic heterocycles. The zero-order valence-corrected chi connectivity index (χ0v) is 17.4. The molecule has 1 saturated heterocycles. The van der Waals surface area contributed by atoms with E-state index in [1.165, 1.54) is 16.2 Å². The van der Waals surface area contributed by atoms with Crippen LogP contribution in [-0.4, -0.2) is 42.0 Å². The van der Waals surface area contributed by atoms with Crippen LogP contribution in [0.3, 0.4) is 0 Å². The Morgan fingerprint density at radius 2 is 1.71 bits per heavy atom. The first-order valence-corrected chi connectivity index (χ1v) is 10.4. The van der Waals surface area contributed by atoms with E-state index < -0.39 is 0 Å². The summed E-state index contributed by atoms with van der Waals surface area (Å²) in [5.41, 5.74) is 3.66. The minimum absolute atomic E-state index is 0.00139. The molecular formula is C22H24N2O3S. The van der Waals surface area contributed by atoms with Crippen LogP contribution in [0.1, 0.15) is 29.9 Å². The Morgan fingerprint density at radius 3 is 2.36 bits per heavy atom. The van der Waals surface area contributed by atoms with E-state index in [0.717, 1.165) is 16.0 Å². The molecule has 28 heavy (non-hydrogen) atoms. The summed E-state index contributed by atoms with van der Waals surface area (Å²) < 4.78 is 5.84. The zero-order chi connectivity index (χ0) is 20.0. The Balaban J connectivity index is 1.84. The number of carbonyl (C=O) groups is 2. The number of thiophene rings is 1. The monoisotopic (exact) mass is 396 g/mol. The minimum Gasteiger partial charge on any atom is -0.372 e. The molecule has 0 N–H and O–H groups in total. The SMILES string of the molecule is Cc1cccc(N2C(=O)C(c3cccs3)=C(N3CC(C)OC(C)C3)C2=O)c1C. The van der Waals surface area contributed by atoms with Crippen molar-refractivity contribution in [2.45, 2.75) is 39.9 Å². The highest BCUT2D eigenvalue weighted by molar-refractivity contribution is 7.11. The maximum atomic E-state index is 13.6. The molecule has 4 rings (SSSR count). The van der Waals surface area contributed by atoms with Crippen molar-refractivity contribution in [2.24, 2.45) is 0 Å². The molecular weight excluding hydrogens is 372 g/mol. The van der Waals surface area contributed by atoms with Gasteiger partial charge in [-0.1, -0.05) is 18.2 Å². The summed E-state index contributed by atoms with van der Waals surface area (Å²) in [7, 11) is 0. The normalized spacial score (nSPS) is 23.1. The second-order valence-corrected chi connectivity index (χ2v) is 8.48. The van der Waals surface area contributed by atoms with Gasteiger partial charge in [0.05, 0.1) is 23.5 Å². The summed E-state index contributed by atoms with van der Waals surface area (Å²) in [4.78, 5) is 31.3. The van der Waals surface area contributed by atoms with E-state index in [-0.39, 0.29) is 24.0 Å². The second-order valence-electron chi connectivity index (χ2n) is 7.53. The number of aryl methyl sites for hydroxylation is 1. The highest BCUT2D eigenvalue weighted by atomic mass is 32.1. The molecule has 0 spiro atoms. The third-order valence-corrected chi connectivity index (χ3v) is 6.27. The lowest BCUT2D eigenvalue weighted by Gasteiger charge is -2.37. The highest BCUT2D eigenvalue weighted by Gasteiger charge is 2.44. The van der Waals surface area contributed by atoms with Gasteiger partial charge in [-0.15, -0.1) is 11.3 Å². The van der Waals surface area contributed by atoms with Gasteiger partial charge in [0, 0.05) is 18.0 Å². The van der Waals surface area contributed by atoms with Crippen molar-refractivity contribution in [3.63, 3.8) is 0 Å². The molecule has 2 amide bonds. The summed E-state index contributed by atoms with van der Waals surface area (Å²) in [5, 5.41) is 1.93. The number of imide groups is 1. The van der Waals surface area contributed by atoms with Gasteiger partial charge in [0.1, 0.15) is 5.70 Å². The molecule has 1 fully saturated rings. The predicted octanol–water partition coefficient (Wildman–Crippen LogP) is 3.76. The van der Waals surface area contributed by atoms with Crippen molar-refractivity contribution in [2.75, 3.05) is 18.0 Å². The van der Waals surface area contributed by atoms with Crippen LogP contribution < -0.4 is 4.90 Å². The number of rotatable bonds is 3. The minimum atomic E-state index is -0.247. The number of anilines is 1. The summed E-state index contributed by atoms with van der Waals surface area (Å²) in [6.07, 6.45) is -0.00279. The number of nitrogens with zero attached hydrogens (tertiary/aromatic N) is 2. The first kappa shape index (κ1) is 18.9. The lowest BCUT2D eigenvalue weighted by Crippen LogP contribution is -2.47. The van der Waals surface area contributed by atoms with E-state index in [2.05, 4.69) is 0 Å². The van der Waals surface area contributed by atoms with Crippen LogP contribution in [0.25, 0.3) is 5.57 Å². The third kappa shape index (κ3) is 3.06. The van der Waals surface area contributed by atoms with E-state index in [1.54, 1.807) is 0 Å². The molecule has 0 saturated carbocycles. The Kier molecular flexibility index (Phi) is 4.85. The van der Waals surface area contributed by atoms with Crippen LogP contribution >= 0.6 is 11.3 Å². The first-order chi connectivity index (χ1) is 13.4. The van der Waals surface area contributed by atoms with Crippen LogP contribution in [0.5, 0.6) is 0 Å². The lowest BCUT2D eigenvalue weighted by molar-refractivity contribution is -0.121. The van der Waals surface area contributed by atoms with Crippen molar-refractivity contribution >= 4 is 34.4 Å². The van der Waals surface area contributed by atoms with Crippen LogP contribution in [-0.2, 0) is 14.3 Å². The number of carbonyl (C=O) groups excluding carboxylic acids is 2. The molecule has 0 bridgehead atoms. The number of amides is 2. The van der Waals surface area contributed by atoms with E-state index in [0.29, 0.717) is 30.0 Å². The second kappa shape index (κ2) is 7.18. The van der Waals surface area contributed by atoms with E-state index in [4.69, 9.17) is 4.74 Å². The third-order valence-electron chi connectivity index (χ3n) is 5.38. The maximum Gasteiger partial charge on any atom is 0.282 e. The molecule has 2 aromatic rings. The van der Waals surface area contributed by atoms with Crippen LogP contribution in [0, 0.1) is 13.8 Å². The fraction of sp³-hybridized carbons (Fsp3) is 0.364. The molecule has 2 unspecified atom stereocenters. The number of benzene rings is 1. The zero-order valence-electron chi connectivity index (χ0n) is 16.6.